The van der Waals surface area contributed by atoms with Crippen molar-refractivity contribution in [2.45, 2.75) is 13.3 Å². The average molecular weight is 228 g/mol. The molecule has 4 heteroatoms. The highest BCUT2D eigenvalue weighted by molar-refractivity contribution is 6.29. The van der Waals surface area contributed by atoms with Gasteiger partial charge in [0.2, 0.25) is 0 Å². The molecular weight excluding hydrogens is 210 g/mol. The predicted molar refractivity (Wildman–Crippen MR) is 65.9 cm³/mol. The van der Waals surface area contributed by atoms with Crippen LogP contribution in [0.25, 0.3) is 0 Å². The van der Waals surface area contributed by atoms with Gasteiger partial charge in [0.15, 0.2) is 0 Å². The molecule has 3 nitrogen and oxygen atoms in total. The highest BCUT2D eigenvalue weighted by Gasteiger charge is 1.95. The number of hydrogen-bond acceptors (Lipinski definition) is 3. The summed E-state index contributed by atoms with van der Waals surface area (Å²) in [5.41, 5.74) is 6.93. The van der Waals surface area contributed by atoms with Gasteiger partial charge in [-0.1, -0.05) is 31.2 Å². The number of allylic oxidation sites excluding steroid dienone is 1. The van der Waals surface area contributed by atoms with E-state index in [2.05, 4.69) is 16.9 Å². The van der Waals surface area contributed by atoms with Crippen molar-refractivity contribution in [2.75, 3.05) is 13.6 Å². The lowest BCUT2D eigenvalue weighted by Crippen LogP contribution is -2.06. The van der Waals surface area contributed by atoms with Gasteiger partial charge in [-0.3, -0.25) is 0 Å². The molecule has 84 valence electrons. The Morgan fingerprint density at radius 1 is 1.60 bits per heavy atom. The number of nitrogens with two attached hydrogens (primary N) is 1. The zero-order valence-corrected chi connectivity index (χ0v) is 10.0. The summed E-state index contributed by atoms with van der Waals surface area (Å²) in [6.45, 7) is 6.47. The first-order valence-electron chi connectivity index (χ1n) is 4.80. The molecule has 1 heterocycles. The summed E-state index contributed by atoms with van der Waals surface area (Å²) in [4.78, 5) is 3.96. The van der Waals surface area contributed by atoms with Crippen molar-refractivity contribution in [3.8, 4) is 0 Å². The SMILES string of the molecule is C=C(Cc1ccc(Cl)nc1)NC.CCN. The summed E-state index contributed by atoms with van der Waals surface area (Å²) in [5, 5.41) is 3.49. The van der Waals surface area contributed by atoms with Crippen LogP contribution in [-0.2, 0) is 6.42 Å². The molecular formula is C11H18ClN3. The Bertz CT molecular complexity index is 282. The smallest absolute Gasteiger partial charge is 0.129 e. The van der Waals surface area contributed by atoms with Crippen LogP contribution in [-0.4, -0.2) is 18.6 Å². The maximum Gasteiger partial charge on any atom is 0.129 e. The number of rotatable bonds is 3. The zero-order valence-electron chi connectivity index (χ0n) is 9.26. The molecule has 3 N–H and O–H groups in total. The first kappa shape index (κ1) is 13.9. The topological polar surface area (TPSA) is 50.9 Å². The normalized spacial score (nSPS) is 8.80. The van der Waals surface area contributed by atoms with Crippen molar-refractivity contribution in [3.05, 3.63) is 41.3 Å². The minimum absolute atomic E-state index is 0.522. The lowest BCUT2D eigenvalue weighted by molar-refractivity contribution is 0.924. The van der Waals surface area contributed by atoms with Gasteiger partial charge in [0.25, 0.3) is 0 Å². The Morgan fingerprint density at radius 2 is 2.20 bits per heavy atom. The Balaban J connectivity index is 0.000000583. The quantitative estimate of drug-likeness (QED) is 0.777. The molecule has 0 spiro atoms. The zero-order chi connectivity index (χ0) is 11.7. The van der Waals surface area contributed by atoms with Crippen LogP contribution in [0.4, 0.5) is 0 Å². The van der Waals surface area contributed by atoms with Gasteiger partial charge in [0.1, 0.15) is 5.15 Å². The van der Waals surface area contributed by atoms with E-state index in [9.17, 15) is 0 Å². The Kier molecular flexibility index (Phi) is 7.68. The summed E-state index contributed by atoms with van der Waals surface area (Å²) in [6, 6.07) is 3.72. The standard InChI is InChI=1S/C9H11ClN2.C2H7N/c1-7(11-2)5-8-3-4-9(10)12-6-8;1-2-3/h3-4,6,11H,1,5H2,2H3;2-3H2,1H3. The summed E-state index contributed by atoms with van der Waals surface area (Å²) in [6.07, 6.45) is 2.55. The van der Waals surface area contributed by atoms with E-state index in [4.69, 9.17) is 17.3 Å². The number of likely N-dealkylation sites (N-methyl/N-ethyl adjacent to an activating group) is 1. The molecule has 1 aromatic rings. The van der Waals surface area contributed by atoms with Crippen LogP contribution >= 0.6 is 11.6 Å². The van der Waals surface area contributed by atoms with Gasteiger partial charge in [0, 0.05) is 25.4 Å². The van der Waals surface area contributed by atoms with Gasteiger partial charge in [-0.15, -0.1) is 0 Å². The van der Waals surface area contributed by atoms with E-state index < -0.39 is 0 Å². The molecule has 0 fully saturated rings. The third-order valence-corrected chi connectivity index (χ3v) is 1.78. The highest BCUT2D eigenvalue weighted by Crippen LogP contribution is 2.07. The molecule has 0 aromatic carbocycles. The van der Waals surface area contributed by atoms with Crippen LogP contribution < -0.4 is 11.1 Å². The fourth-order valence-corrected chi connectivity index (χ4v) is 0.958. The van der Waals surface area contributed by atoms with Crippen LogP contribution in [0.5, 0.6) is 0 Å². The first-order valence-corrected chi connectivity index (χ1v) is 5.17. The van der Waals surface area contributed by atoms with E-state index >= 15 is 0 Å². The lowest BCUT2D eigenvalue weighted by Gasteiger charge is -2.03. The van der Waals surface area contributed by atoms with E-state index in [0.29, 0.717) is 5.15 Å². The molecule has 0 unspecified atom stereocenters. The number of hydrogen-bond donors (Lipinski definition) is 2. The van der Waals surface area contributed by atoms with Crippen LogP contribution in [0.1, 0.15) is 12.5 Å². The van der Waals surface area contributed by atoms with E-state index in [1.165, 1.54) is 0 Å². The molecule has 15 heavy (non-hydrogen) atoms. The van der Waals surface area contributed by atoms with Crippen molar-refractivity contribution in [1.29, 1.82) is 0 Å². The molecule has 0 radical (unpaired) electrons. The van der Waals surface area contributed by atoms with Crippen LogP contribution in [0.15, 0.2) is 30.6 Å². The number of nitrogens with zero attached hydrogens (tertiary/aromatic N) is 1. The van der Waals surface area contributed by atoms with E-state index in [0.717, 1.165) is 24.2 Å². The molecule has 0 atom stereocenters. The third-order valence-electron chi connectivity index (χ3n) is 1.56. The average Bonchev–Trinajstić information content (AvgIpc) is 2.22. The second-order valence-corrected chi connectivity index (χ2v) is 3.31. The number of aromatic nitrogens is 1. The second kappa shape index (κ2) is 8.26. The number of nitrogens with one attached hydrogen (secondary N) is 1. The first-order chi connectivity index (χ1) is 7.13. The van der Waals surface area contributed by atoms with Crippen molar-refractivity contribution in [1.82, 2.24) is 10.3 Å². The highest BCUT2D eigenvalue weighted by atomic mass is 35.5. The van der Waals surface area contributed by atoms with E-state index in [1.807, 2.05) is 20.0 Å². The van der Waals surface area contributed by atoms with E-state index in [1.54, 1.807) is 12.3 Å². The van der Waals surface area contributed by atoms with Crippen molar-refractivity contribution >= 4 is 11.6 Å². The van der Waals surface area contributed by atoms with Gasteiger partial charge in [0.05, 0.1) is 0 Å². The molecule has 0 saturated heterocycles. The Hall–Kier alpha value is -1.06. The molecule has 1 rings (SSSR count). The maximum atomic E-state index is 5.63. The van der Waals surface area contributed by atoms with Crippen LogP contribution in [0.3, 0.4) is 0 Å². The molecule has 0 saturated carbocycles. The summed E-state index contributed by atoms with van der Waals surface area (Å²) >= 11 is 5.63. The van der Waals surface area contributed by atoms with Crippen molar-refractivity contribution in [3.63, 3.8) is 0 Å². The van der Waals surface area contributed by atoms with Gasteiger partial charge < -0.3 is 11.1 Å². The largest absolute Gasteiger partial charge is 0.392 e. The number of pyridine rings is 1. The lowest BCUT2D eigenvalue weighted by atomic mass is 10.2. The molecule has 1 aromatic heterocycles. The minimum Gasteiger partial charge on any atom is -0.392 e. The van der Waals surface area contributed by atoms with Gasteiger partial charge in [-0.25, -0.2) is 4.98 Å². The predicted octanol–water partition coefficient (Wildman–Crippen LogP) is 1.98. The molecule has 0 amide bonds. The molecule has 0 aliphatic rings. The fraction of sp³-hybridized carbons (Fsp3) is 0.364. The van der Waals surface area contributed by atoms with Crippen molar-refractivity contribution in [2.24, 2.45) is 5.73 Å². The third kappa shape index (κ3) is 6.94. The second-order valence-electron chi connectivity index (χ2n) is 2.93. The fourth-order valence-electron chi connectivity index (χ4n) is 0.846. The Labute approximate surface area is 96.3 Å². The van der Waals surface area contributed by atoms with Crippen LogP contribution in [0.2, 0.25) is 5.15 Å². The monoisotopic (exact) mass is 227 g/mol. The van der Waals surface area contributed by atoms with Crippen LogP contribution in [0, 0.1) is 0 Å². The summed E-state index contributed by atoms with van der Waals surface area (Å²) < 4.78 is 0. The molecule has 0 aliphatic carbocycles. The summed E-state index contributed by atoms with van der Waals surface area (Å²) in [7, 11) is 1.85. The molecule has 0 aliphatic heterocycles. The number of halogens is 1. The van der Waals surface area contributed by atoms with Gasteiger partial charge in [-0.05, 0) is 18.2 Å². The van der Waals surface area contributed by atoms with E-state index in [-0.39, 0.29) is 0 Å². The molecule has 0 bridgehead atoms. The van der Waals surface area contributed by atoms with Gasteiger partial charge >= 0.3 is 0 Å². The van der Waals surface area contributed by atoms with Crippen molar-refractivity contribution < 1.29 is 0 Å². The minimum atomic E-state index is 0.522. The Morgan fingerprint density at radius 3 is 2.60 bits per heavy atom. The maximum absolute atomic E-state index is 5.63. The summed E-state index contributed by atoms with van der Waals surface area (Å²) in [5.74, 6) is 0. The van der Waals surface area contributed by atoms with Gasteiger partial charge in [-0.2, -0.15) is 0 Å².